The van der Waals surface area contributed by atoms with Crippen LogP contribution < -0.4 is 23.2 Å². The SMILES string of the molecule is COc1ccc(N2C(=O)[C@H](C)CS2(=O)=O)cc1S(=O)(=O)NCc1ccc2c(c1)OCO2. The number of benzene rings is 2. The zero-order valence-electron chi connectivity index (χ0n) is 16.7. The molecule has 2 aliphatic heterocycles. The number of rotatable bonds is 6. The van der Waals surface area contributed by atoms with Gasteiger partial charge in [-0.25, -0.2) is 25.9 Å². The van der Waals surface area contributed by atoms with Crippen LogP contribution in [-0.2, 0) is 31.4 Å². The molecule has 0 bridgehead atoms. The van der Waals surface area contributed by atoms with Crippen LogP contribution in [-0.4, -0.2) is 42.4 Å². The van der Waals surface area contributed by atoms with Crippen molar-refractivity contribution in [3.8, 4) is 17.2 Å². The fraction of sp³-hybridized carbons (Fsp3) is 0.316. The normalized spacial score (nSPS) is 19.6. The average molecular weight is 469 g/mol. The number of hydrogen-bond acceptors (Lipinski definition) is 8. The minimum Gasteiger partial charge on any atom is -0.495 e. The van der Waals surface area contributed by atoms with E-state index in [1.54, 1.807) is 18.2 Å². The monoisotopic (exact) mass is 468 g/mol. The van der Waals surface area contributed by atoms with Crippen LogP contribution in [0, 0.1) is 5.92 Å². The second-order valence-electron chi connectivity index (χ2n) is 7.13. The van der Waals surface area contributed by atoms with E-state index < -0.39 is 31.9 Å². The van der Waals surface area contributed by atoms with Gasteiger partial charge in [0.1, 0.15) is 10.6 Å². The molecule has 2 aromatic rings. The number of nitrogens with zero attached hydrogens (tertiary/aromatic N) is 1. The molecular formula is C19H20N2O8S2. The summed E-state index contributed by atoms with van der Waals surface area (Å²) in [6.07, 6.45) is 0. The van der Waals surface area contributed by atoms with Gasteiger partial charge < -0.3 is 14.2 Å². The molecule has 0 unspecified atom stereocenters. The lowest BCUT2D eigenvalue weighted by Crippen LogP contribution is -2.31. The first kappa shape index (κ1) is 21.4. The summed E-state index contributed by atoms with van der Waals surface area (Å²) in [4.78, 5) is 12.1. The number of amides is 1. The number of nitrogens with one attached hydrogen (secondary N) is 1. The second-order valence-corrected chi connectivity index (χ2v) is 10.7. The van der Waals surface area contributed by atoms with Gasteiger partial charge in [-0.1, -0.05) is 13.0 Å². The third kappa shape index (κ3) is 3.93. The first-order valence-electron chi connectivity index (χ1n) is 9.25. The van der Waals surface area contributed by atoms with E-state index in [4.69, 9.17) is 14.2 Å². The van der Waals surface area contributed by atoms with Crippen molar-refractivity contribution in [2.24, 2.45) is 5.92 Å². The lowest BCUT2D eigenvalue weighted by molar-refractivity contribution is -0.119. The lowest BCUT2D eigenvalue weighted by atomic mass is 10.2. The molecule has 2 aliphatic rings. The third-order valence-corrected chi connectivity index (χ3v) is 8.23. The Hall–Kier alpha value is -2.83. The van der Waals surface area contributed by atoms with Gasteiger partial charge in [0.15, 0.2) is 11.5 Å². The van der Waals surface area contributed by atoms with E-state index in [9.17, 15) is 21.6 Å². The number of carbonyl (C=O) groups is 1. The minimum absolute atomic E-state index is 0.0130. The first-order valence-corrected chi connectivity index (χ1v) is 12.3. The van der Waals surface area contributed by atoms with Gasteiger partial charge in [-0.15, -0.1) is 0 Å². The van der Waals surface area contributed by atoms with Gasteiger partial charge in [-0.05, 0) is 35.9 Å². The van der Waals surface area contributed by atoms with Gasteiger partial charge in [0, 0.05) is 6.54 Å². The number of ether oxygens (including phenoxy) is 3. The van der Waals surface area contributed by atoms with Crippen molar-refractivity contribution in [2.45, 2.75) is 18.4 Å². The topological polar surface area (TPSA) is 128 Å². The summed E-state index contributed by atoms with van der Waals surface area (Å²) in [5.74, 6) is -0.547. The van der Waals surface area contributed by atoms with E-state index in [2.05, 4.69) is 4.72 Å². The smallest absolute Gasteiger partial charge is 0.244 e. The maximum atomic E-state index is 13.0. The highest BCUT2D eigenvalue weighted by atomic mass is 32.2. The zero-order chi connectivity index (χ0) is 22.4. The molecule has 31 heavy (non-hydrogen) atoms. The molecule has 12 heteroatoms. The Kier molecular flexibility index (Phi) is 5.31. The van der Waals surface area contributed by atoms with Crippen molar-refractivity contribution in [3.63, 3.8) is 0 Å². The summed E-state index contributed by atoms with van der Waals surface area (Å²) in [5.41, 5.74) is 0.577. The fourth-order valence-electron chi connectivity index (χ4n) is 3.40. The van der Waals surface area contributed by atoms with E-state index in [1.165, 1.54) is 26.2 Å². The molecule has 1 N–H and O–H groups in total. The van der Waals surface area contributed by atoms with Crippen LogP contribution in [0.3, 0.4) is 0 Å². The van der Waals surface area contributed by atoms with Gasteiger partial charge in [-0.3, -0.25) is 4.79 Å². The summed E-state index contributed by atoms with van der Waals surface area (Å²) in [6.45, 7) is 1.56. The predicted octanol–water partition coefficient (Wildman–Crippen LogP) is 1.21. The van der Waals surface area contributed by atoms with E-state index in [0.717, 1.165) is 6.07 Å². The van der Waals surface area contributed by atoms with Crippen molar-refractivity contribution < 1.29 is 35.8 Å². The molecule has 2 aromatic carbocycles. The zero-order valence-corrected chi connectivity index (χ0v) is 18.3. The quantitative estimate of drug-likeness (QED) is 0.670. The molecule has 0 radical (unpaired) electrons. The standard InChI is InChI=1S/C19H20N2O8S2/c1-12-10-30(23,24)21(19(12)22)14-4-6-16(27-2)18(8-14)31(25,26)20-9-13-3-5-15-17(7-13)29-11-28-15/h3-8,12,20H,9-11H2,1-2H3/t12-/m1/s1. The van der Waals surface area contributed by atoms with E-state index in [-0.39, 0.29) is 35.4 Å². The van der Waals surface area contributed by atoms with E-state index in [1.807, 2.05) is 0 Å². The highest BCUT2D eigenvalue weighted by Crippen LogP contribution is 2.35. The summed E-state index contributed by atoms with van der Waals surface area (Å²) >= 11 is 0. The molecule has 0 spiro atoms. The minimum atomic E-state index is -4.12. The number of hydrogen-bond donors (Lipinski definition) is 1. The molecule has 1 saturated heterocycles. The Morgan fingerprint density at radius 2 is 1.90 bits per heavy atom. The molecule has 2 heterocycles. The van der Waals surface area contributed by atoms with Crippen LogP contribution in [0.2, 0.25) is 0 Å². The Labute approximate surface area is 179 Å². The van der Waals surface area contributed by atoms with Crippen LogP contribution in [0.4, 0.5) is 5.69 Å². The number of fused-ring (bicyclic) bond motifs is 1. The maximum Gasteiger partial charge on any atom is 0.244 e. The summed E-state index contributed by atoms with van der Waals surface area (Å²) in [7, 11) is -6.70. The van der Waals surface area contributed by atoms with Crippen molar-refractivity contribution in [1.82, 2.24) is 4.72 Å². The molecule has 1 amide bonds. The van der Waals surface area contributed by atoms with Crippen LogP contribution in [0.5, 0.6) is 17.2 Å². The van der Waals surface area contributed by atoms with Crippen molar-refractivity contribution >= 4 is 31.6 Å². The van der Waals surface area contributed by atoms with E-state index >= 15 is 0 Å². The van der Waals surface area contributed by atoms with Gasteiger partial charge in [-0.2, -0.15) is 0 Å². The van der Waals surface area contributed by atoms with E-state index in [0.29, 0.717) is 21.4 Å². The van der Waals surface area contributed by atoms with Gasteiger partial charge in [0.25, 0.3) is 0 Å². The predicted molar refractivity (Wildman–Crippen MR) is 110 cm³/mol. The van der Waals surface area contributed by atoms with Crippen molar-refractivity contribution in [2.75, 3.05) is 24.0 Å². The molecule has 10 nitrogen and oxygen atoms in total. The summed E-state index contributed by atoms with van der Waals surface area (Å²) in [5, 5.41) is 0. The van der Waals surface area contributed by atoms with Gasteiger partial charge in [0.2, 0.25) is 32.7 Å². The Morgan fingerprint density at radius 1 is 1.16 bits per heavy atom. The number of anilines is 1. The third-order valence-electron chi connectivity index (χ3n) is 4.94. The van der Waals surface area contributed by atoms with Gasteiger partial charge >= 0.3 is 0 Å². The highest BCUT2D eigenvalue weighted by molar-refractivity contribution is 7.94. The molecule has 166 valence electrons. The Balaban J connectivity index is 1.64. The van der Waals surface area contributed by atoms with Crippen LogP contribution in [0.15, 0.2) is 41.3 Å². The van der Waals surface area contributed by atoms with Crippen molar-refractivity contribution in [1.29, 1.82) is 0 Å². The Bertz CT molecular complexity index is 1260. The maximum absolute atomic E-state index is 13.0. The first-order chi connectivity index (χ1) is 14.6. The van der Waals surface area contributed by atoms with Crippen LogP contribution >= 0.6 is 0 Å². The molecule has 1 fully saturated rings. The van der Waals surface area contributed by atoms with Crippen LogP contribution in [0.1, 0.15) is 12.5 Å². The fourth-order valence-corrected chi connectivity index (χ4v) is 6.41. The summed E-state index contributed by atoms with van der Waals surface area (Å²) < 4.78 is 69.5. The van der Waals surface area contributed by atoms with Gasteiger partial charge in [0.05, 0.1) is 24.5 Å². The summed E-state index contributed by atoms with van der Waals surface area (Å²) in [6, 6.07) is 8.81. The van der Waals surface area contributed by atoms with Crippen LogP contribution in [0.25, 0.3) is 0 Å². The molecule has 4 rings (SSSR count). The van der Waals surface area contributed by atoms with Crippen molar-refractivity contribution in [3.05, 3.63) is 42.0 Å². The highest BCUT2D eigenvalue weighted by Gasteiger charge is 2.42. The Morgan fingerprint density at radius 3 is 2.58 bits per heavy atom. The largest absolute Gasteiger partial charge is 0.495 e. The molecule has 0 saturated carbocycles. The molecule has 0 aliphatic carbocycles. The average Bonchev–Trinajstić information content (AvgIpc) is 3.27. The number of methoxy groups -OCH3 is 1. The molecule has 1 atom stereocenters. The molecule has 0 aromatic heterocycles. The number of sulfonamides is 2. The second kappa shape index (κ2) is 7.70. The molecular weight excluding hydrogens is 448 g/mol. The number of carbonyl (C=O) groups excluding carboxylic acids is 1. The lowest BCUT2D eigenvalue weighted by Gasteiger charge is -2.18.